The maximum atomic E-state index is 13.4. The molecule has 0 spiro atoms. The molecule has 0 saturated heterocycles. The molecule has 1 nitrogen and oxygen atoms in total. The van der Waals surface area contributed by atoms with Crippen molar-refractivity contribution in [2.75, 3.05) is 13.6 Å². The van der Waals surface area contributed by atoms with Crippen LogP contribution in [-0.2, 0) is 12.8 Å². The molecule has 21 heavy (non-hydrogen) atoms. The van der Waals surface area contributed by atoms with E-state index in [0.29, 0.717) is 5.92 Å². The first-order valence-electron chi connectivity index (χ1n) is 6.91. The lowest BCUT2D eigenvalue weighted by atomic mass is 9.92. The van der Waals surface area contributed by atoms with Crippen LogP contribution in [0.3, 0.4) is 0 Å². The average Bonchev–Trinajstić information content (AvgIpc) is 2.43. The molecule has 112 valence electrons. The van der Waals surface area contributed by atoms with Crippen molar-refractivity contribution in [1.29, 1.82) is 0 Å². The minimum Gasteiger partial charge on any atom is -0.319 e. The first kappa shape index (κ1) is 16.5. The molecule has 1 atom stereocenters. The molecule has 2 aromatic carbocycles. The normalized spacial score (nSPS) is 12.4. The molecule has 4 heteroatoms. The molecule has 1 unspecified atom stereocenters. The third-order valence-corrected chi connectivity index (χ3v) is 4.43. The van der Waals surface area contributed by atoms with Gasteiger partial charge in [0.15, 0.2) is 0 Å². The number of benzene rings is 2. The molecule has 2 rings (SSSR count). The Kier molecular flexibility index (Phi) is 6.22. The quantitative estimate of drug-likeness (QED) is 0.765. The van der Waals surface area contributed by atoms with Crippen molar-refractivity contribution in [3.8, 4) is 0 Å². The highest BCUT2D eigenvalue weighted by Crippen LogP contribution is 2.23. The van der Waals surface area contributed by atoms with Gasteiger partial charge < -0.3 is 5.32 Å². The van der Waals surface area contributed by atoms with Crippen LogP contribution in [-0.4, -0.2) is 13.6 Å². The summed E-state index contributed by atoms with van der Waals surface area (Å²) in [7, 11) is 1.94. The molecule has 0 heterocycles. The van der Waals surface area contributed by atoms with E-state index in [9.17, 15) is 4.39 Å². The van der Waals surface area contributed by atoms with Gasteiger partial charge in [0, 0.05) is 9.50 Å². The fourth-order valence-corrected chi connectivity index (χ4v) is 3.13. The van der Waals surface area contributed by atoms with Crippen molar-refractivity contribution in [2.45, 2.75) is 12.8 Å². The van der Waals surface area contributed by atoms with Crippen molar-refractivity contribution in [2.24, 2.45) is 5.92 Å². The Hall–Kier alpha value is -0.900. The summed E-state index contributed by atoms with van der Waals surface area (Å²) in [5.74, 6) is 0.186. The second-order valence-corrected chi connectivity index (χ2v) is 6.49. The van der Waals surface area contributed by atoms with Crippen LogP contribution in [0.5, 0.6) is 0 Å². The van der Waals surface area contributed by atoms with Gasteiger partial charge in [-0.2, -0.15) is 0 Å². The summed E-state index contributed by atoms with van der Waals surface area (Å²) < 4.78 is 14.4. The van der Waals surface area contributed by atoms with E-state index in [4.69, 9.17) is 11.6 Å². The van der Waals surface area contributed by atoms with E-state index in [-0.39, 0.29) is 5.82 Å². The average molecular weight is 371 g/mol. The van der Waals surface area contributed by atoms with Crippen LogP contribution in [0.4, 0.5) is 4.39 Å². The summed E-state index contributed by atoms with van der Waals surface area (Å²) in [6.07, 6.45) is 1.72. The standard InChI is InChI=1S/C17H18BrClFN/c1-21-11-13(7-12-3-2-4-15(19)9-12)8-14-10-16(20)5-6-17(14)18/h2-6,9-10,13,21H,7-8,11H2,1H3. The fourth-order valence-electron chi connectivity index (χ4n) is 2.51. The fraction of sp³-hybridized carbons (Fsp3) is 0.294. The summed E-state index contributed by atoms with van der Waals surface area (Å²) in [6, 6.07) is 12.7. The minimum atomic E-state index is -0.195. The van der Waals surface area contributed by atoms with Gasteiger partial charge in [-0.3, -0.25) is 0 Å². The molecule has 2 aromatic rings. The molecule has 0 amide bonds. The first-order valence-corrected chi connectivity index (χ1v) is 8.08. The lowest BCUT2D eigenvalue weighted by molar-refractivity contribution is 0.491. The van der Waals surface area contributed by atoms with Gasteiger partial charge in [-0.15, -0.1) is 0 Å². The third kappa shape index (κ3) is 5.10. The smallest absolute Gasteiger partial charge is 0.123 e. The van der Waals surface area contributed by atoms with Gasteiger partial charge in [0.05, 0.1) is 0 Å². The van der Waals surface area contributed by atoms with E-state index in [2.05, 4.69) is 27.3 Å². The maximum Gasteiger partial charge on any atom is 0.123 e. The summed E-state index contributed by atoms with van der Waals surface area (Å²) >= 11 is 9.54. The molecular formula is C17H18BrClFN. The monoisotopic (exact) mass is 369 g/mol. The highest BCUT2D eigenvalue weighted by Gasteiger charge is 2.13. The van der Waals surface area contributed by atoms with Crippen molar-refractivity contribution >= 4 is 27.5 Å². The van der Waals surface area contributed by atoms with Crippen molar-refractivity contribution in [1.82, 2.24) is 5.32 Å². The Balaban J connectivity index is 2.13. The summed E-state index contributed by atoms with van der Waals surface area (Å²) in [6.45, 7) is 0.871. The maximum absolute atomic E-state index is 13.4. The molecule has 0 aromatic heterocycles. The van der Waals surface area contributed by atoms with Crippen LogP contribution in [0.1, 0.15) is 11.1 Å². The summed E-state index contributed by atoms with van der Waals surface area (Å²) in [4.78, 5) is 0. The van der Waals surface area contributed by atoms with Crippen LogP contribution in [0.25, 0.3) is 0 Å². The lowest BCUT2D eigenvalue weighted by Crippen LogP contribution is -2.23. The van der Waals surface area contributed by atoms with Crippen molar-refractivity contribution in [3.63, 3.8) is 0 Å². The van der Waals surface area contributed by atoms with E-state index in [1.165, 1.54) is 11.6 Å². The van der Waals surface area contributed by atoms with E-state index < -0.39 is 0 Å². The van der Waals surface area contributed by atoms with Gasteiger partial charge in [0.1, 0.15) is 5.82 Å². The third-order valence-electron chi connectivity index (χ3n) is 3.42. The number of nitrogens with one attached hydrogen (secondary N) is 1. The number of hydrogen-bond donors (Lipinski definition) is 1. The van der Waals surface area contributed by atoms with E-state index in [1.54, 1.807) is 12.1 Å². The van der Waals surface area contributed by atoms with Crippen LogP contribution < -0.4 is 5.32 Å². The number of halogens is 3. The molecule has 0 saturated carbocycles. The molecule has 0 aliphatic rings. The van der Waals surface area contributed by atoms with Gasteiger partial charge in [0.2, 0.25) is 0 Å². The molecule has 1 N–H and O–H groups in total. The predicted molar refractivity (Wildman–Crippen MR) is 90.4 cm³/mol. The van der Waals surface area contributed by atoms with E-state index in [0.717, 1.165) is 34.4 Å². The van der Waals surface area contributed by atoms with Crippen LogP contribution in [0.15, 0.2) is 46.9 Å². The highest BCUT2D eigenvalue weighted by atomic mass is 79.9. The van der Waals surface area contributed by atoms with Crippen LogP contribution in [0, 0.1) is 11.7 Å². The lowest BCUT2D eigenvalue weighted by Gasteiger charge is -2.18. The van der Waals surface area contributed by atoms with Crippen molar-refractivity contribution < 1.29 is 4.39 Å². The Morgan fingerprint density at radius 1 is 1.19 bits per heavy atom. The zero-order valence-corrected chi connectivity index (χ0v) is 14.2. The predicted octanol–water partition coefficient (Wildman–Crippen LogP) is 4.86. The van der Waals surface area contributed by atoms with Gasteiger partial charge in [-0.05, 0) is 73.8 Å². The Morgan fingerprint density at radius 2 is 2.00 bits per heavy atom. The van der Waals surface area contributed by atoms with E-state index in [1.807, 2.05) is 25.2 Å². The largest absolute Gasteiger partial charge is 0.319 e. The summed E-state index contributed by atoms with van der Waals surface area (Å²) in [5.41, 5.74) is 2.20. The van der Waals surface area contributed by atoms with Crippen LogP contribution in [0.2, 0.25) is 5.02 Å². The Morgan fingerprint density at radius 3 is 2.71 bits per heavy atom. The zero-order valence-electron chi connectivity index (χ0n) is 11.9. The Bertz CT molecular complexity index is 603. The SMILES string of the molecule is CNCC(Cc1cccc(Cl)c1)Cc1cc(F)ccc1Br. The topological polar surface area (TPSA) is 12.0 Å². The molecule has 0 bridgehead atoms. The number of hydrogen-bond acceptors (Lipinski definition) is 1. The van der Waals surface area contributed by atoms with Gasteiger partial charge in [-0.25, -0.2) is 4.39 Å². The molecule has 0 aliphatic carbocycles. The number of rotatable bonds is 6. The van der Waals surface area contributed by atoms with Gasteiger partial charge in [0.25, 0.3) is 0 Å². The molecule has 0 aliphatic heterocycles. The molecular weight excluding hydrogens is 353 g/mol. The highest BCUT2D eigenvalue weighted by molar-refractivity contribution is 9.10. The first-order chi connectivity index (χ1) is 10.1. The van der Waals surface area contributed by atoms with Crippen LogP contribution >= 0.6 is 27.5 Å². The molecule has 0 fully saturated rings. The van der Waals surface area contributed by atoms with Gasteiger partial charge in [-0.1, -0.05) is 39.7 Å². The zero-order chi connectivity index (χ0) is 15.2. The van der Waals surface area contributed by atoms with E-state index >= 15 is 0 Å². The summed E-state index contributed by atoms with van der Waals surface area (Å²) in [5, 5.41) is 3.97. The van der Waals surface area contributed by atoms with Crippen molar-refractivity contribution in [3.05, 3.63) is 68.9 Å². The molecule has 0 radical (unpaired) electrons. The second-order valence-electron chi connectivity index (χ2n) is 5.20. The van der Waals surface area contributed by atoms with Gasteiger partial charge >= 0.3 is 0 Å². The minimum absolute atomic E-state index is 0.195. The Labute approximate surface area is 138 Å². The second kappa shape index (κ2) is 7.92.